The van der Waals surface area contributed by atoms with E-state index < -0.39 is 9.92 Å². The zero-order valence-corrected chi connectivity index (χ0v) is 14.0. The maximum absolute atomic E-state index is 13.6. The minimum atomic E-state index is -2.57. The summed E-state index contributed by atoms with van der Waals surface area (Å²) in [6, 6.07) is 17.2. The van der Waals surface area contributed by atoms with Crippen LogP contribution < -0.4 is 0 Å². The van der Waals surface area contributed by atoms with Gasteiger partial charge in [0.15, 0.2) is 0 Å². The molecule has 1 saturated heterocycles. The number of hydrogen-bond donors (Lipinski definition) is 0. The third-order valence-corrected chi connectivity index (χ3v) is 6.46. The summed E-state index contributed by atoms with van der Waals surface area (Å²) in [6.45, 7) is 1.68. The van der Waals surface area contributed by atoms with Gasteiger partial charge in [0.05, 0.1) is 10.6 Å². The average Bonchev–Trinajstić information content (AvgIpc) is 3.05. The van der Waals surface area contributed by atoms with E-state index in [-0.39, 0.29) is 0 Å². The molecule has 0 bridgehead atoms. The lowest BCUT2D eigenvalue weighted by Crippen LogP contribution is -2.27. The first kappa shape index (κ1) is 14.8. The highest BCUT2D eigenvalue weighted by molar-refractivity contribution is 9.10. The Labute approximate surface area is 134 Å². The monoisotopic (exact) mass is 364 g/mol. The van der Waals surface area contributed by atoms with Gasteiger partial charge in [0, 0.05) is 17.6 Å². The molecule has 5 heteroatoms. The second-order valence-corrected chi connectivity index (χ2v) is 8.09. The Hall–Kier alpha value is -1.17. The minimum absolute atomic E-state index is 0.749. The maximum atomic E-state index is 13.6. The molecule has 1 aliphatic heterocycles. The van der Waals surface area contributed by atoms with Gasteiger partial charge >= 0.3 is 0 Å². The lowest BCUT2D eigenvalue weighted by Gasteiger charge is -2.21. The number of benzene rings is 2. The van der Waals surface area contributed by atoms with E-state index in [9.17, 15) is 4.21 Å². The molecule has 0 N–H and O–H groups in total. The van der Waals surface area contributed by atoms with Gasteiger partial charge in [-0.25, -0.2) is 8.51 Å². The lowest BCUT2D eigenvalue weighted by molar-refractivity contribution is 0.527. The fraction of sp³-hybridized carbons (Fsp3) is 0.250. The summed E-state index contributed by atoms with van der Waals surface area (Å²) < 4.78 is 21.2. The molecule has 0 aromatic heterocycles. The van der Waals surface area contributed by atoms with E-state index in [1.165, 1.54) is 0 Å². The molecule has 0 radical (unpaired) electrons. The second-order valence-electron chi connectivity index (χ2n) is 5.01. The van der Waals surface area contributed by atoms with Crippen LogP contribution in [0.5, 0.6) is 0 Å². The molecule has 1 atom stereocenters. The predicted octanol–water partition coefficient (Wildman–Crippen LogP) is 4.62. The number of halogens is 1. The molecule has 1 aliphatic rings. The van der Waals surface area contributed by atoms with Crippen molar-refractivity contribution in [2.24, 2.45) is 4.36 Å². The smallest absolute Gasteiger partial charge is 0.144 e. The molecular weight excluding hydrogens is 348 g/mol. The van der Waals surface area contributed by atoms with E-state index in [1.54, 1.807) is 0 Å². The Bertz CT molecular complexity index is 716. The van der Waals surface area contributed by atoms with Gasteiger partial charge < -0.3 is 0 Å². The van der Waals surface area contributed by atoms with Crippen LogP contribution in [0.1, 0.15) is 12.8 Å². The fourth-order valence-corrected chi connectivity index (χ4v) is 4.89. The summed E-state index contributed by atoms with van der Waals surface area (Å²) >= 11 is 3.41. The molecule has 3 nitrogen and oxygen atoms in total. The van der Waals surface area contributed by atoms with Gasteiger partial charge in [-0.05, 0) is 49.2 Å². The zero-order valence-electron chi connectivity index (χ0n) is 11.6. The Balaban J connectivity index is 2.12. The Morgan fingerprint density at radius 3 is 2.19 bits per heavy atom. The van der Waals surface area contributed by atoms with Gasteiger partial charge in [-0.2, -0.15) is 4.36 Å². The molecule has 3 rings (SSSR count). The third-order valence-electron chi connectivity index (χ3n) is 3.52. The highest BCUT2D eigenvalue weighted by Gasteiger charge is 2.25. The van der Waals surface area contributed by atoms with Crippen molar-refractivity contribution < 1.29 is 4.21 Å². The SMILES string of the molecule is O=S(=Nc1ccc(Br)cc1)(c1ccccc1)N1CCCC1. The van der Waals surface area contributed by atoms with Crippen LogP contribution in [-0.2, 0) is 9.92 Å². The summed E-state index contributed by atoms with van der Waals surface area (Å²) in [6.07, 6.45) is 2.17. The summed E-state index contributed by atoms with van der Waals surface area (Å²) in [5.74, 6) is 0. The second kappa shape index (κ2) is 6.30. The molecule has 0 spiro atoms. The molecule has 0 amide bonds. The number of nitrogens with zero attached hydrogens (tertiary/aromatic N) is 2. The number of hydrogen-bond acceptors (Lipinski definition) is 2. The first-order valence-electron chi connectivity index (χ1n) is 7.01. The normalized spacial score (nSPS) is 18.3. The molecule has 1 heterocycles. The van der Waals surface area contributed by atoms with E-state index >= 15 is 0 Å². The van der Waals surface area contributed by atoms with Crippen LogP contribution in [0.15, 0.2) is 68.3 Å². The molecule has 2 aromatic rings. The van der Waals surface area contributed by atoms with Crippen LogP contribution in [0, 0.1) is 0 Å². The van der Waals surface area contributed by atoms with E-state index in [1.807, 2.05) is 58.9 Å². The Morgan fingerprint density at radius 2 is 1.57 bits per heavy atom. The minimum Gasteiger partial charge on any atom is -0.228 e. The van der Waals surface area contributed by atoms with Crippen molar-refractivity contribution >= 4 is 31.5 Å². The van der Waals surface area contributed by atoms with E-state index in [0.717, 1.165) is 41.0 Å². The van der Waals surface area contributed by atoms with E-state index in [2.05, 4.69) is 20.3 Å². The first-order valence-corrected chi connectivity index (χ1v) is 9.28. The van der Waals surface area contributed by atoms with Crippen molar-refractivity contribution in [1.82, 2.24) is 4.31 Å². The standard InChI is InChI=1S/C16H17BrN2OS/c17-14-8-10-15(11-9-14)18-21(20,19-12-4-5-13-19)16-6-2-1-3-7-16/h1-3,6-11H,4-5,12-13H2. The third kappa shape index (κ3) is 3.20. The molecular formula is C16H17BrN2OS. The molecule has 2 aromatic carbocycles. The van der Waals surface area contributed by atoms with Crippen molar-refractivity contribution in [1.29, 1.82) is 0 Å². The zero-order chi connectivity index (χ0) is 14.7. The van der Waals surface area contributed by atoms with Gasteiger partial charge in [0.2, 0.25) is 0 Å². The van der Waals surface area contributed by atoms with E-state index in [4.69, 9.17) is 0 Å². The van der Waals surface area contributed by atoms with Gasteiger partial charge in [-0.15, -0.1) is 0 Å². The van der Waals surface area contributed by atoms with Crippen molar-refractivity contribution in [3.05, 3.63) is 59.1 Å². The Morgan fingerprint density at radius 1 is 0.952 bits per heavy atom. The molecule has 1 fully saturated rings. The van der Waals surface area contributed by atoms with Crippen LogP contribution in [0.3, 0.4) is 0 Å². The van der Waals surface area contributed by atoms with Crippen LogP contribution in [0.25, 0.3) is 0 Å². The molecule has 0 saturated carbocycles. The number of rotatable bonds is 3. The molecule has 21 heavy (non-hydrogen) atoms. The molecule has 0 aliphatic carbocycles. The van der Waals surface area contributed by atoms with Crippen molar-refractivity contribution in [3.63, 3.8) is 0 Å². The van der Waals surface area contributed by atoms with Crippen LogP contribution in [-0.4, -0.2) is 21.6 Å². The van der Waals surface area contributed by atoms with Crippen molar-refractivity contribution in [2.75, 3.05) is 13.1 Å². The molecule has 110 valence electrons. The van der Waals surface area contributed by atoms with Gasteiger partial charge in [-0.3, -0.25) is 0 Å². The van der Waals surface area contributed by atoms with Gasteiger partial charge in [0.1, 0.15) is 9.92 Å². The van der Waals surface area contributed by atoms with Crippen LogP contribution in [0.2, 0.25) is 0 Å². The largest absolute Gasteiger partial charge is 0.228 e. The van der Waals surface area contributed by atoms with Gasteiger partial charge in [0.25, 0.3) is 0 Å². The quantitative estimate of drug-likeness (QED) is 0.781. The topological polar surface area (TPSA) is 32.7 Å². The lowest BCUT2D eigenvalue weighted by atomic mass is 10.3. The van der Waals surface area contributed by atoms with Crippen molar-refractivity contribution in [3.8, 4) is 0 Å². The first-order chi connectivity index (χ1) is 10.2. The molecule has 1 unspecified atom stereocenters. The summed E-state index contributed by atoms with van der Waals surface area (Å²) in [4.78, 5) is 0.787. The Kier molecular flexibility index (Phi) is 4.42. The van der Waals surface area contributed by atoms with Crippen LogP contribution >= 0.6 is 15.9 Å². The fourth-order valence-electron chi connectivity index (χ4n) is 2.44. The van der Waals surface area contributed by atoms with E-state index in [0.29, 0.717) is 0 Å². The summed E-state index contributed by atoms with van der Waals surface area (Å²) in [5, 5.41) is 0. The highest BCUT2D eigenvalue weighted by Crippen LogP contribution is 2.27. The summed E-state index contributed by atoms with van der Waals surface area (Å²) in [5.41, 5.74) is 0.749. The van der Waals surface area contributed by atoms with Crippen LogP contribution in [0.4, 0.5) is 5.69 Å². The average molecular weight is 365 g/mol. The summed E-state index contributed by atoms with van der Waals surface area (Å²) in [7, 11) is -2.57. The maximum Gasteiger partial charge on any atom is 0.144 e. The highest BCUT2D eigenvalue weighted by atomic mass is 79.9. The van der Waals surface area contributed by atoms with Gasteiger partial charge in [-0.1, -0.05) is 34.1 Å². The predicted molar refractivity (Wildman–Crippen MR) is 89.9 cm³/mol. The van der Waals surface area contributed by atoms with Crippen molar-refractivity contribution in [2.45, 2.75) is 17.7 Å².